The number of nitrogens with one attached hydrogen (secondary N) is 1. The Kier molecular flexibility index (Phi) is 2.60. The van der Waals surface area contributed by atoms with Crippen molar-refractivity contribution in [2.24, 2.45) is 0 Å². The monoisotopic (exact) mass is 229 g/mol. The highest BCUT2D eigenvalue weighted by atomic mass is 35.5. The van der Waals surface area contributed by atoms with Crippen molar-refractivity contribution in [2.75, 3.05) is 5.32 Å². The van der Waals surface area contributed by atoms with Gasteiger partial charge < -0.3 is 5.32 Å². The van der Waals surface area contributed by atoms with E-state index in [0.29, 0.717) is 11.5 Å². The van der Waals surface area contributed by atoms with Crippen LogP contribution in [0.15, 0.2) is 24.3 Å². The number of aromatic nitrogens is 2. The minimum absolute atomic E-state index is 0.248. The first-order valence-electron chi connectivity index (χ1n) is 3.77. The lowest BCUT2D eigenvalue weighted by Crippen LogP contribution is -1.93. The summed E-state index contributed by atoms with van der Waals surface area (Å²) in [7, 11) is 0. The van der Waals surface area contributed by atoms with Gasteiger partial charge in [0.05, 0.1) is 17.4 Å². The molecule has 1 aromatic heterocycles. The maximum Gasteiger partial charge on any atom is 0.187 e. The molecule has 0 aliphatic heterocycles. The van der Waals surface area contributed by atoms with E-state index in [1.807, 2.05) is 0 Å². The summed E-state index contributed by atoms with van der Waals surface area (Å²) in [4.78, 5) is 0. The zero-order valence-corrected chi connectivity index (χ0v) is 8.44. The number of rotatable bonds is 2. The van der Waals surface area contributed by atoms with Crippen LogP contribution in [0.2, 0.25) is 5.15 Å². The van der Waals surface area contributed by atoms with Gasteiger partial charge in [-0.05, 0) is 12.1 Å². The predicted octanol–water partition coefficient (Wildman–Crippen LogP) is 3.07. The van der Waals surface area contributed by atoms with Crippen LogP contribution in [0.25, 0.3) is 0 Å². The van der Waals surface area contributed by atoms with Crippen LogP contribution < -0.4 is 5.32 Å². The van der Waals surface area contributed by atoms with Crippen LogP contribution in [0.5, 0.6) is 0 Å². The Balaban J connectivity index is 2.28. The largest absolute Gasteiger partial charge is 0.334 e. The molecular formula is C8H5ClFN3S. The Hall–Kier alpha value is -1.20. The van der Waals surface area contributed by atoms with Crippen molar-refractivity contribution in [2.45, 2.75) is 0 Å². The molecule has 2 aromatic rings. The van der Waals surface area contributed by atoms with Crippen molar-refractivity contribution in [1.82, 2.24) is 8.75 Å². The van der Waals surface area contributed by atoms with E-state index in [1.165, 1.54) is 6.07 Å². The molecule has 72 valence electrons. The lowest BCUT2D eigenvalue weighted by Gasteiger charge is -2.02. The molecule has 0 spiro atoms. The highest BCUT2D eigenvalue weighted by Crippen LogP contribution is 2.24. The second kappa shape index (κ2) is 3.89. The molecule has 0 amide bonds. The van der Waals surface area contributed by atoms with E-state index in [1.54, 1.807) is 18.2 Å². The lowest BCUT2D eigenvalue weighted by atomic mass is 10.3. The van der Waals surface area contributed by atoms with Gasteiger partial charge in [0, 0.05) is 0 Å². The van der Waals surface area contributed by atoms with E-state index in [2.05, 4.69) is 14.1 Å². The van der Waals surface area contributed by atoms with E-state index < -0.39 is 0 Å². The molecular weight excluding hydrogens is 225 g/mol. The van der Waals surface area contributed by atoms with Gasteiger partial charge in [-0.15, -0.1) is 0 Å². The zero-order valence-electron chi connectivity index (χ0n) is 6.87. The number of para-hydroxylation sites is 1. The molecule has 0 aliphatic rings. The topological polar surface area (TPSA) is 37.8 Å². The van der Waals surface area contributed by atoms with Gasteiger partial charge in [0.25, 0.3) is 0 Å². The number of hydrogen-bond acceptors (Lipinski definition) is 4. The second-order valence-electron chi connectivity index (χ2n) is 2.51. The fourth-order valence-electron chi connectivity index (χ4n) is 0.943. The molecule has 3 nitrogen and oxygen atoms in total. The maximum atomic E-state index is 13.2. The minimum Gasteiger partial charge on any atom is -0.334 e. The van der Waals surface area contributed by atoms with Gasteiger partial charge in [-0.2, -0.15) is 8.75 Å². The molecule has 6 heteroatoms. The van der Waals surface area contributed by atoms with Crippen LogP contribution in [0.1, 0.15) is 0 Å². The van der Waals surface area contributed by atoms with Crippen LogP contribution in [0, 0.1) is 5.82 Å². The van der Waals surface area contributed by atoms with Gasteiger partial charge in [0.1, 0.15) is 5.82 Å². The van der Waals surface area contributed by atoms with Gasteiger partial charge >= 0.3 is 0 Å². The molecule has 1 aromatic carbocycles. The summed E-state index contributed by atoms with van der Waals surface area (Å²) in [5.41, 5.74) is 0.335. The molecule has 0 aliphatic carbocycles. The molecule has 1 N–H and O–H groups in total. The van der Waals surface area contributed by atoms with E-state index in [9.17, 15) is 4.39 Å². The fraction of sp³-hybridized carbons (Fsp3) is 0. The summed E-state index contributed by atoms with van der Waals surface area (Å²) in [5.74, 6) is 0.0262. The summed E-state index contributed by atoms with van der Waals surface area (Å²) in [6.07, 6.45) is 0. The van der Waals surface area contributed by atoms with Gasteiger partial charge in [-0.3, -0.25) is 0 Å². The first-order valence-corrected chi connectivity index (χ1v) is 4.88. The minimum atomic E-state index is -0.350. The van der Waals surface area contributed by atoms with Crippen LogP contribution in [0.4, 0.5) is 15.9 Å². The van der Waals surface area contributed by atoms with Crippen molar-refractivity contribution in [3.63, 3.8) is 0 Å². The Bertz CT molecular complexity index is 446. The van der Waals surface area contributed by atoms with Gasteiger partial charge in [-0.25, -0.2) is 4.39 Å². The molecule has 0 atom stereocenters. The Morgan fingerprint density at radius 2 is 2.07 bits per heavy atom. The Morgan fingerprint density at radius 1 is 1.29 bits per heavy atom. The molecule has 2 rings (SSSR count). The van der Waals surface area contributed by atoms with Gasteiger partial charge in [0.2, 0.25) is 0 Å². The number of halogens is 2. The number of anilines is 2. The third-order valence-corrected chi connectivity index (χ3v) is 2.47. The highest BCUT2D eigenvalue weighted by molar-refractivity contribution is 6.99. The van der Waals surface area contributed by atoms with Crippen molar-refractivity contribution < 1.29 is 4.39 Å². The zero-order chi connectivity index (χ0) is 9.97. The number of benzene rings is 1. The third kappa shape index (κ3) is 1.83. The number of hydrogen-bond donors (Lipinski definition) is 1. The molecule has 0 bridgehead atoms. The van der Waals surface area contributed by atoms with E-state index in [0.717, 1.165) is 11.7 Å². The molecule has 14 heavy (non-hydrogen) atoms. The normalized spacial score (nSPS) is 10.1. The summed E-state index contributed by atoms with van der Waals surface area (Å²) in [6.45, 7) is 0. The summed E-state index contributed by atoms with van der Waals surface area (Å²) in [6, 6.07) is 6.29. The molecule has 0 saturated carbocycles. The molecule has 0 saturated heterocycles. The summed E-state index contributed by atoms with van der Waals surface area (Å²) in [5, 5.41) is 3.00. The van der Waals surface area contributed by atoms with Gasteiger partial charge in [-0.1, -0.05) is 23.7 Å². The molecule has 0 unspecified atom stereocenters. The first-order chi connectivity index (χ1) is 6.77. The fourth-order valence-corrected chi connectivity index (χ4v) is 1.59. The van der Waals surface area contributed by atoms with Crippen molar-refractivity contribution in [1.29, 1.82) is 0 Å². The third-order valence-electron chi connectivity index (χ3n) is 1.58. The van der Waals surface area contributed by atoms with Gasteiger partial charge in [0.15, 0.2) is 11.0 Å². The maximum absolute atomic E-state index is 13.2. The molecule has 1 heterocycles. The van der Waals surface area contributed by atoms with Crippen LogP contribution in [-0.4, -0.2) is 8.75 Å². The van der Waals surface area contributed by atoms with Crippen LogP contribution in [0.3, 0.4) is 0 Å². The average molecular weight is 230 g/mol. The van der Waals surface area contributed by atoms with E-state index in [4.69, 9.17) is 11.6 Å². The average Bonchev–Trinajstić information content (AvgIpc) is 2.56. The first kappa shape index (κ1) is 9.36. The van der Waals surface area contributed by atoms with E-state index in [-0.39, 0.29) is 11.0 Å². The van der Waals surface area contributed by atoms with Crippen LogP contribution >= 0.6 is 23.3 Å². The summed E-state index contributed by atoms with van der Waals surface area (Å²) < 4.78 is 20.8. The smallest absolute Gasteiger partial charge is 0.187 e. The SMILES string of the molecule is Fc1ccccc1Nc1nsnc1Cl. The quantitative estimate of drug-likeness (QED) is 0.860. The lowest BCUT2D eigenvalue weighted by molar-refractivity contribution is 0.632. The van der Waals surface area contributed by atoms with Crippen molar-refractivity contribution >= 4 is 34.8 Å². The highest BCUT2D eigenvalue weighted by Gasteiger charge is 2.07. The van der Waals surface area contributed by atoms with Crippen molar-refractivity contribution in [3.8, 4) is 0 Å². The van der Waals surface area contributed by atoms with E-state index >= 15 is 0 Å². The summed E-state index contributed by atoms with van der Waals surface area (Å²) >= 11 is 6.67. The second-order valence-corrected chi connectivity index (χ2v) is 3.39. The van der Waals surface area contributed by atoms with Crippen LogP contribution in [-0.2, 0) is 0 Å². The number of nitrogens with zero attached hydrogens (tertiary/aromatic N) is 2. The predicted molar refractivity (Wildman–Crippen MR) is 54.6 cm³/mol. The van der Waals surface area contributed by atoms with Crippen molar-refractivity contribution in [3.05, 3.63) is 35.2 Å². The molecule has 0 fully saturated rings. The Labute approximate surface area is 88.9 Å². The Morgan fingerprint density at radius 3 is 2.71 bits per heavy atom. The standard InChI is InChI=1S/C8H5ClFN3S/c9-7-8(13-14-12-7)11-6-4-2-1-3-5(6)10/h1-4H,(H,11,13). The molecule has 0 radical (unpaired) electrons.